The molecule has 1 unspecified atom stereocenters. The van der Waals surface area contributed by atoms with Gasteiger partial charge in [-0.25, -0.2) is 4.98 Å². The van der Waals surface area contributed by atoms with Gasteiger partial charge in [0.05, 0.1) is 23.0 Å². The van der Waals surface area contributed by atoms with E-state index >= 15 is 0 Å². The molecule has 24 heavy (non-hydrogen) atoms. The van der Waals surface area contributed by atoms with Crippen molar-refractivity contribution in [3.63, 3.8) is 0 Å². The summed E-state index contributed by atoms with van der Waals surface area (Å²) in [6.07, 6.45) is 0.244. The second-order valence-electron chi connectivity index (χ2n) is 5.77. The lowest BCUT2D eigenvalue weighted by Crippen LogP contribution is -2.31. The van der Waals surface area contributed by atoms with Crippen LogP contribution in [0.25, 0.3) is 10.8 Å². The van der Waals surface area contributed by atoms with E-state index in [4.69, 9.17) is 4.42 Å². The minimum atomic E-state index is 0.0164. The fraction of sp³-hybridized carbons (Fsp3) is 0.263. The highest BCUT2D eigenvalue weighted by Gasteiger charge is 2.21. The average molecular weight is 340 g/mol. The lowest BCUT2D eigenvalue weighted by atomic mass is 10.1. The maximum Gasteiger partial charge on any atom is 0.236 e. The zero-order valence-corrected chi connectivity index (χ0v) is 14.8. The summed E-state index contributed by atoms with van der Waals surface area (Å²) < 4.78 is 5.71. The Morgan fingerprint density at radius 1 is 1.25 bits per heavy atom. The van der Waals surface area contributed by atoms with E-state index in [0.717, 1.165) is 10.4 Å². The Balaban J connectivity index is 1.73. The molecule has 0 fully saturated rings. The van der Waals surface area contributed by atoms with Crippen LogP contribution in [0.1, 0.15) is 30.0 Å². The SMILES string of the molecule is Cc1oc(-c2cccs2)nc1CC(=O)N(C)C(C)c1ccccc1. The molecule has 0 radical (unpaired) electrons. The van der Waals surface area contributed by atoms with Gasteiger partial charge in [0.15, 0.2) is 0 Å². The summed E-state index contributed by atoms with van der Waals surface area (Å²) in [5.74, 6) is 1.32. The van der Waals surface area contributed by atoms with Gasteiger partial charge in [0, 0.05) is 7.05 Å². The van der Waals surface area contributed by atoms with Gasteiger partial charge in [0.2, 0.25) is 11.8 Å². The van der Waals surface area contributed by atoms with Crippen LogP contribution in [0, 0.1) is 6.92 Å². The van der Waals surface area contributed by atoms with Crippen molar-refractivity contribution < 1.29 is 9.21 Å². The first-order valence-electron chi connectivity index (χ1n) is 7.87. The van der Waals surface area contributed by atoms with Crippen LogP contribution >= 0.6 is 11.3 Å². The van der Waals surface area contributed by atoms with E-state index in [1.54, 1.807) is 16.2 Å². The van der Waals surface area contributed by atoms with Crippen molar-refractivity contribution in [2.24, 2.45) is 0 Å². The second-order valence-corrected chi connectivity index (χ2v) is 6.71. The fourth-order valence-corrected chi connectivity index (χ4v) is 3.19. The molecule has 2 aromatic heterocycles. The molecular formula is C19H20N2O2S. The quantitative estimate of drug-likeness (QED) is 0.688. The molecule has 0 aliphatic heterocycles. The number of aryl methyl sites for hydroxylation is 1. The molecule has 0 N–H and O–H groups in total. The van der Waals surface area contributed by atoms with Crippen molar-refractivity contribution >= 4 is 17.2 Å². The molecule has 124 valence electrons. The van der Waals surface area contributed by atoms with Gasteiger partial charge in [-0.3, -0.25) is 4.79 Å². The number of aromatic nitrogens is 1. The molecule has 0 saturated carbocycles. The monoisotopic (exact) mass is 340 g/mol. The summed E-state index contributed by atoms with van der Waals surface area (Å²) in [4.78, 5) is 19.9. The molecule has 0 aliphatic rings. The number of hydrogen-bond acceptors (Lipinski definition) is 4. The lowest BCUT2D eigenvalue weighted by Gasteiger charge is -2.25. The van der Waals surface area contributed by atoms with Crippen LogP contribution in [0.2, 0.25) is 0 Å². The summed E-state index contributed by atoms with van der Waals surface area (Å²) in [5, 5.41) is 1.98. The number of thiophene rings is 1. The highest BCUT2D eigenvalue weighted by Crippen LogP contribution is 2.26. The van der Waals surface area contributed by atoms with E-state index < -0.39 is 0 Å². The summed E-state index contributed by atoms with van der Waals surface area (Å²) in [6.45, 7) is 3.88. The van der Waals surface area contributed by atoms with Crippen molar-refractivity contribution in [2.45, 2.75) is 26.3 Å². The number of carbonyl (C=O) groups excluding carboxylic acids is 1. The average Bonchev–Trinajstić information content (AvgIpc) is 3.24. The first-order chi connectivity index (χ1) is 11.6. The molecule has 1 atom stereocenters. The Bertz CT molecular complexity index is 809. The molecule has 4 nitrogen and oxygen atoms in total. The largest absolute Gasteiger partial charge is 0.440 e. The van der Waals surface area contributed by atoms with E-state index in [1.165, 1.54) is 0 Å². The Morgan fingerprint density at radius 2 is 2.00 bits per heavy atom. The van der Waals surface area contributed by atoms with Gasteiger partial charge in [-0.15, -0.1) is 11.3 Å². The standard InChI is InChI=1S/C19H20N2O2S/c1-13(15-8-5-4-6-9-15)21(3)18(22)12-16-14(2)23-19(20-16)17-10-7-11-24-17/h4-11,13H,12H2,1-3H3. The predicted molar refractivity (Wildman–Crippen MR) is 95.9 cm³/mol. The molecule has 3 aromatic rings. The zero-order valence-electron chi connectivity index (χ0n) is 14.0. The number of oxazole rings is 1. The van der Waals surface area contributed by atoms with Gasteiger partial charge in [-0.05, 0) is 30.9 Å². The Morgan fingerprint density at radius 3 is 2.67 bits per heavy atom. The molecule has 2 heterocycles. The smallest absolute Gasteiger partial charge is 0.236 e. The Labute approximate surface area is 145 Å². The third-order valence-corrected chi connectivity index (χ3v) is 5.06. The first kappa shape index (κ1) is 16.5. The second kappa shape index (κ2) is 7.01. The maximum atomic E-state index is 12.6. The highest BCUT2D eigenvalue weighted by atomic mass is 32.1. The van der Waals surface area contributed by atoms with E-state index in [0.29, 0.717) is 17.3 Å². The highest BCUT2D eigenvalue weighted by molar-refractivity contribution is 7.13. The van der Waals surface area contributed by atoms with Crippen molar-refractivity contribution in [2.75, 3.05) is 7.05 Å². The summed E-state index contributed by atoms with van der Waals surface area (Å²) in [7, 11) is 1.83. The molecular weight excluding hydrogens is 320 g/mol. The van der Waals surface area contributed by atoms with E-state index in [1.807, 2.05) is 68.7 Å². The van der Waals surface area contributed by atoms with Gasteiger partial charge in [-0.1, -0.05) is 36.4 Å². The van der Waals surface area contributed by atoms with E-state index in [9.17, 15) is 4.79 Å². The molecule has 0 spiro atoms. The minimum absolute atomic E-state index is 0.0164. The number of carbonyl (C=O) groups is 1. The third-order valence-electron chi connectivity index (χ3n) is 4.20. The summed E-state index contributed by atoms with van der Waals surface area (Å²) in [5.41, 5.74) is 1.82. The third kappa shape index (κ3) is 3.41. The van der Waals surface area contributed by atoms with Crippen molar-refractivity contribution in [3.05, 3.63) is 64.9 Å². The number of rotatable bonds is 5. The topological polar surface area (TPSA) is 46.3 Å². The van der Waals surface area contributed by atoms with Crippen LogP contribution in [-0.2, 0) is 11.2 Å². The number of benzene rings is 1. The number of amides is 1. The molecule has 0 aliphatic carbocycles. The summed E-state index contributed by atoms with van der Waals surface area (Å²) in [6, 6.07) is 13.9. The predicted octanol–water partition coefficient (Wildman–Crippen LogP) is 4.47. The van der Waals surface area contributed by atoms with Gasteiger partial charge < -0.3 is 9.32 Å². The maximum absolute atomic E-state index is 12.6. The van der Waals surface area contributed by atoms with Crippen LogP contribution in [0.4, 0.5) is 0 Å². The van der Waals surface area contributed by atoms with E-state index in [-0.39, 0.29) is 18.4 Å². The van der Waals surface area contributed by atoms with Crippen LogP contribution in [0.5, 0.6) is 0 Å². The Kier molecular flexibility index (Phi) is 4.81. The van der Waals surface area contributed by atoms with Gasteiger partial charge in [-0.2, -0.15) is 0 Å². The van der Waals surface area contributed by atoms with Crippen LogP contribution in [0.15, 0.2) is 52.3 Å². The van der Waals surface area contributed by atoms with Crippen LogP contribution < -0.4 is 0 Å². The minimum Gasteiger partial charge on any atom is -0.440 e. The van der Waals surface area contributed by atoms with Gasteiger partial charge >= 0.3 is 0 Å². The molecule has 3 rings (SSSR count). The van der Waals surface area contributed by atoms with Crippen LogP contribution in [-0.4, -0.2) is 22.8 Å². The Hall–Kier alpha value is -2.40. The first-order valence-corrected chi connectivity index (χ1v) is 8.75. The molecule has 0 bridgehead atoms. The van der Waals surface area contributed by atoms with Gasteiger partial charge in [0.1, 0.15) is 5.76 Å². The normalized spacial score (nSPS) is 12.1. The van der Waals surface area contributed by atoms with Crippen LogP contribution in [0.3, 0.4) is 0 Å². The molecule has 0 saturated heterocycles. The fourth-order valence-electron chi connectivity index (χ4n) is 2.54. The van der Waals surface area contributed by atoms with E-state index in [2.05, 4.69) is 4.98 Å². The van der Waals surface area contributed by atoms with Crippen molar-refractivity contribution in [3.8, 4) is 10.8 Å². The lowest BCUT2D eigenvalue weighted by molar-refractivity contribution is -0.131. The molecule has 1 aromatic carbocycles. The number of nitrogens with zero attached hydrogens (tertiary/aromatic N) is 2. The van der Waals surface area contributed by atoms with Gasteiger partial charge in [0.25, 0.3) is 0 Å². The molecule has 1 amide bonds. The summed E-state index contributed by atoms with van der Waals surface area (Å²) >= 11 is 1.57. The molecule has 5 heteroatoms. The van der Waals surface area contributed by atoms with Crippen molar-refractivity contribution in [1.82, 2.24) is 9.88 Å². The zero-order chi connectivity index (χ0) is 17.1. The number of likely N-dealkylation sites (N-methyl/N-ethyl adjacent to an activating group) is 1. The van der Waals surface area contributed by atoms with Crippen molar-refractivity contribution in [1.29, 1.82) is 0 Å². The number of hydrogen-bond donors (Lipinski definition) is 0.